The number of amides is 1. The first-order valence-electron chi connectivity index (χ1n) is 7.08. The van der Waals surface area contributed by atoms with Crippen LogP contribution in [0.15, 0.2) is 0 Å². The highest BCUT2D eigenvalue weighted by atomic mass is 35.5. The van der Waals surface area contributed by atoms with Gasteiger partial charge in [0, 0.05) is 24.5 Å². The van der Waals surface area contributed by atoms with Crippen molar-refractivity contribution in [3.05, 3.63) is 0 Å². The van der Waals surface area contributed by atoms with Gasteiger partial charge >= 0.3 is 0 Å². The average molecular weight is 291 g/mol. The Morgan fingerprint density at radius 2 is 1.89 bits per heavy atom. The largest absolute Gasteiger partial charge is 0.384 e. The molecule has 19 heavy (non-hydrogen) atoms. The maximum Gasteiger partial charge on any atom is 0.225 e. The predicted octanol–water partition coefficient (Wildman–Crippen LogP) is 1.73. The van der Waals surface area contributed by atoms with Crippen LogP contribution in [0.3, 0.4) is 0 Å². The lowest BCUT2D eigenvalue weighted by Gasteiger charge is -2.40. The quantitative estimate of drug-likeness (QED) is 0.811. The van der Waals surface area contributed by atoms with Gasteiger partial charge in [-0.25, -0.2) is 0 Å². The molecule has 0 spiro atoms. The smallest absolute Gasteiger partial charge is 0.225 e. The molecular formula is C14H27ClN2O2. The summed E-state index contributed by atoms with van der Waals surface area (Å²) < 4.78 is 5.36. The summed E-state index contributed by atoms with van der Waals surface area (Å²) in [6.45, 7) is 5.63. The van der Waals surface area contributed by atoms with Crippen LogP contribution in [0.1, 0.15) is 39.0 Å². The molecule has 0 aromatic rings. The monoisotopic (exact) mass is 290 g/mol. The van der Waals surface area contributed by atoms with Gasteiger partial charge in [-0.3, -0.25) is 4.79 Å². The van der Waals surface area contributed by atoms with Crippen molar-refractivity contribution < 1.29 is 9.53 Å². The fourth-order valence-corrected chi connectivity index (χ4v) is 3.05. The van der Waals surface area contributed by atoms with Gasteiger partial charge in [-0.2, -0.15) is 0 Å². The lowest BCUT2D eigenvalue weighted by Crippen LogP contribution is -2.51. The Balaban J connectivity index is 0.00000180. The summed E-state index contributed by atoms with van der Waals surface area (Å²) >= 11 is 0. The first kappa shape index (κ1) is 16.7. The summed E-state index contributed by atoms with van der Waals surface area (Å²) in [5, 5.41) is 6.54. The zero-order chi connectivity index (χ0) is 13.1. The number of piperidine rings is 1. The van der Waals surface area contributed by atoms with E-state index in [1.807, 2.05) is 0 Å². The van der Waals surface area contributed by atoms with Crippen molar-refractivity contribution in [3.63, 3.8) is 0 Å². The molecule has 4 nitrogen and oxygen atoms in total. The number of nitrogens with one attached hydrogen (secondary N) is 2. The number of hydrogen-bond acceptors (Lipinski definition) is 3. The molecule has 0 atom stereocenters. The Hall–Kier alpha value is -0.320. The number of hydrogen-bond donors (Lipinski definition) is 2. The minimum absolute atomic E-state index is 0. The summed E-state index contributed by atoms with van der Waals surface area (Å²) in [5.74, 6) is 0.239. The van der Waals surface area contributed by atoms with Crippen molar-refractivity contribution in [2.75, 3.05) is 33.4 Å². The molecule has 0 radical (unpaired) electrons. The topological polar surface area (TPSA) is 50.4 Å². The van der Waals surface area contributed by atoms with Crippen molar-refractivity contribution in [2.24, 2.45) is 10.8 Å². The van der Waals surface area contributed by atoms with Crippen LogP contribution in [-0.2, 0) is 9.53 Å². The highest BCUT2D eigenvalue weighted by Gasteiger charge is 2.40. The van der Waals surface area contributed by atoms with Gasteiger partial charge in [0.15, 0.2) is 0 Å². The first-order valence-corrected chi connectivity index (χ1v) is 7.08. The highest BCUT2D eigenvalue weighted by Crippen LogP contribution is 2.40. The fourth-order valence-electron chi connectivity index (χ4n) is 3.05. The predicted molar refractivity (Wildman–Crippen MR) is 78.6 cm³/mol. The second-order valence-corrected chi connectivity index (χ2v) is 6.28. The summed E-state index contributed by atoms with van der Waals surface area (Å²) in [5.41, 5.74) is 0.0386. The van der Waals surface area contributed by atoms with Crippen LogP contribution in [-0.4, -0.2) is 39.3 Å². The maximum absolute atomic E-state index is 12.2. The third kappa shape index (κ3) is 3.83. The van der Waals surface area contributed by atoms with E-state index < -0.39 is 0 Å². The van der Waals surface area contributed by atoms with E-state index >= 15 is 0 Å². The molecule has 0 aromatic carbocycles. The highest BCUT2D eigenvalue weighted by molar-refractivity contribution is 5.85. The third-order valence-corrected chi connectivity index (χ3v) is 4.74. The Morgan fingerprint density at radius 3 is 2.37 bits per heavy atom. The molecule has 1 aliphatic carbocycles. The Kier molecular flexibility index (Phi) is 6.09. The molecule has 2 rings (SSSR count). The van der Waals surface area contributed by atoms with Crippen molar-refractivity contribution >= 4 is 18.3 Å². The van der Waals surface area contributed by atoms with Crippen molar-refractivity contribution in [3.8, 4) is 0 Å². The Bertz CT molecular complexity index is 294. The lowest BCUT2D eigenvalue weighted by molar-refractivity contribution is -0.135. The second-order valence-electron chi connectivity index (χ2n) is 6.28. The summed E-state index contributed by atoms with van der Waals surface area (Å²) in [4.78, 5) is 12.2. The molecule has 5 heteroatoms. The molecule has 0 unspecified atom stereocenters. The van der Waals surface area contributed by atoms with Gasteiger partial charge in [-0.15, -0.1) is 12.4 Å². The SMILES string of the molecule is COCC1(CNC(=O)C2(C)CCC2)CCNCC1.Cl. The van der Waals surface area contributed by atoms with E-state index in [1.54, 1.807) is 7.11 Å². The Labute approximate surface area is 122 Å². The lowest BCUT2D eigenvalue weighted by atomic mass is 9.69. The van der Waals surface area contributed by atoms with Crippen LogP contribution in [0, 0.1) is 10.8 Å². The van der Waals surface area contributed by atoms with Crippen molar-refractivity contribution in [1.82, 2.24) is 10.6 Å². The van der Waals surface area contributed by atoms with E-state index in [2.05, 4.69) is 17.6 Å². The van der Waals surface area contributed by atoms with Crippen LogP contribution < -0.4 is 10.6 Å². The van der Waals surface area contributed by atoms with E-state index in [0.29, 0.717) is 0 Å². The second kappa shape index (κ2) is 6.91. The van der Waals surface area contributed by atoms with Gasteiger partial charge in [0.2, 0.25) is 5.91 Å². The van der Waals surface area contributed by atoms with Crippen molar-refractivity contribution in [1.29, 1.82) is 0 Å². The van der Waals surface area contributed by atoms with Gasteiger partial charge in [-0.05, 0) is 38.8 Å². The molecule has 1 aliphatic heterocycles. The van der Waals surface area contributed by atoms with Gasteiger partial charge < -0.3 is 15.4 Å². The fraction of sp³-hybridized carbons (Fsp3) is 0.929. The summed E-state index contributed by atoms with van der Waals surface area (Å²) in [7, 11) is 1.75. The van der Waals surface area contributed by atoms with Gasteiger partial charge in [-0.1, -0.05) is 13.3 Å². The zero-order valence-corrected chi connectivity index (χ0v) is 12.9. The number of halogens is 1. The van der Waals surface area contributed by atoms with Crippen LogP contribution in [0.5, 0.6) is 0 Å². The molecule has 2 N–H and O–H groups in total. The van der Waals surface area contributed by atoms with Gasteiger partial charge in [0.1, 0.15) is 0 Å². The van der Waals surface area contributed by atoms with E-state index in [4.69, 9.17) is 4.74 Å². The van der Waals surface area contributed by atoms with Gasteiger partial charge in [0.05, 0.1) is 6.61 Å². The molecule has 1 heterocycles. The number of carbonyl (C=O) groups is 1. The number of carbonyl (C=O) groups excluding carboxylic acids is 1. The Morgan fingerprint density at radius 1 is 1.26 bits per heavy atom. The molecule has 2 fully saturated rings. The normalized spacial score (nSPS) is 23.9. The minimum Gasteiger partial charge on any atom is -0.384 e. The third-order valence-electron chi connectivity index (χ3n) is 4.74. The van der Waals surface area contributed by atoms with Crippen LogP contribution in [0.4, 0.5) is 0 Å². The first-order chi connectivity index (χ1) is 8.60. The average Bonchev–Trinajstić information content (AvgIpc) is 2.35. The minimum atomic E-state index is -0.0961. The van der Waals surface area contributed by atoms with Crippen molar-refractivity contribution in [2.45, 2.75) is 39.0 Å². The molecule has 0 aromatic heterocycles. The van der Waals surface area contributed by atoms with Crippen LogP contribution >= 0.6 is 12.4 Å². The van der Waals surface area contributed by atoms with E-state index in [-0.39, 0.29) is 29.1 Å². The molecule has 1 amide bonds. The standard InChI is InChI=1S/C14H26N2O2.ClH/c1-13(4-3-5-13)12(17)16-10-14(11-18-2)6-8-15-9-7-14;/h15H,3-11H2,1-2H3,(H,16,17);1H. The molecule has 0 bridgehead atoms. The zero-order valence-electron chi connectivity index (χ0n) is 12.1. The van der Waals surface area contributed by atoms with E-state index in [9.17, 15) is 4.79 Å². The molecule has 112 valence electrons. The van der Waals surface area contributed by atoms with Crippen LogP contribution in [0.2, 0.25) is 0 Å². The van der Waals surface area contributed by atoms with E-state index in [1.165, 1.54) is 6.42 Å². The number of rotatable bonds is 5. The van der Waals surface area contributed by atoms with Gasteiger partial charge in [0.25, 0.3) is 0 Å². The maximum atomic E-state index is 12.2. The molecule has 1 saturated heterocycles. The van der Waals surface area contributed by atoms with Crippen LogP contribution in [0.25, 0.3) is 0 Å². The summed E-state index contributed by atoms with van der Waals surface area (Å²) in [6, 6.07) is 0. The molecule has 2 aliphatic rings. The van der Waals surface area contributed by atoms with E-state index in [0.717, 1.165) is 51.9 Å². The number of methoxy groups -OCH3 is 1. The molecule has 1 saturated carbocycles. The molecular weight excluding hydrogens is 264 g/mol. The summed E-state index contributed by atoms with van der Waals surface area (Å²) in [6.07, 6.45) is 5.43. The number of ether oxygens (including phenoxy) is 1.